The Kier molecular flexibility index (Phi) is 5.60. The highest BCUT2D eigenvalue weighted by molar-refractivity contribution is 7.16. The van der Waals surface area contributed by atoms with Gasteiger partial charge in [0.25, 0.3) is 0 Å². The van der Waals surface area contributed by atoms with E-state index in [-0.39, 0.29) is 18.3 Å². The summed E-state index contributed by atoms with van der Waals surface area (Å²) in [6.07, 6.45) is 4.55. The van der Waals surface area contributed by atoms with Crippen LogP contribution in [0.5, 0.6) is 0 Å². The normalized spacial score (nSPS) is 10.8. The third-order valence-corrected chi connectivity index (χ3v) is 4.42. The molecule has 1 aromatic carbocycles. The maximum absolute atomic E-state index is 12.1. The van der Waals surface area contributed by atoms with E-state index < -0.39 is 0 Å². The van der Waals surface area contributed by atoms with Crippen molar-refractivity contribution in [3.63, 3.8) is 0 Å². The summed E-state index contributed by atoms with van der Waals surface area (Å²) in [4.78, 5) is 29.0. The highest BCUT2D eigenvalue weighted by Gasteiger charge is 2.17. The highest BCUT2D eigenvalue weighted by atomic mass is 32.1. The van der Waals surface area contributed by atoms with E-state index in [0.717, 1.165) is 10.4 Å². The number of benzene rings is 1. The number of thiazole rings is 1. The fourth-order valence-corrected chi connectivity index (χ4v) is 3.21. The van der Waals surface area contributed by atoms with E-state index in [2.05, 4.69) is 10.3 Å². The number of nitrogens with one attached hydrogen (secondary N) is 1. The number of carbonyl (C=O) groups is 2. The largest absolute Gasteiger partial charge is 0.469 e. The topological polar surface area (TPSA) is 81.4 Å². The minimum atomic E-state index is -0.360. The van der Waals surface area contributed by atoms with Crippen LogP contribution in [0.4, 0.5) is 5.13 Å². The molecule has 1 N–H and O–H groups in total. The summed E-state index contributed by atoms with van der Waals surface area (Å²) < 4.78 is 9.89. The van der Waals surface area contributed by atoms with Crippen molar-refractivity contribution in [1.29, 1.82) is 0 Å². The minimum absolute atomic E-state index is 0.0937. The first-order valence-corrected chi connectivity index (χ1v) is 8.62. The van der Waals surface area contributed by atoms with E-state index in [0.29, 0.717) is 16.6 Å². The zero-order valence-electron chi connectivity index (χ0n) is 14.0. The number of nitrogens with zero attached hydrogens (tertiary/aromatic N) is 1. The molecule has 132 valence electrons. The van der Waals surface area contributed by atoms with Crippen LogP contribution in [0.3, 0.4) is 0 Å². The summed E-state index contributed by atoms with van der Waals surface area (Å²) in [5.41, 5.74) is 1.53. The summed E-state index contributed by atoms with van der Waals surface area (Å²) in [6.45, 7) is 0. The van der Waals surface area contributed by atoms with Gasteiger partial charge in [-0.3, -0.25) is 14.9 Å². The van der Waals surface area contributed by atoms with Crippen molar-refractivity contribution in [2.45, 2.75) is 6.42 Å². The third-order valence-electron chi connectivity index (χ3n) is 3.45. The number of hydrogen-bond donors (Lipinski definition) is 1. The molecule has 0 spiro atoms. The van der Waals surface area contributed by atoms with Crippen LogP contribution in [0.15, 0.2) is 59.2 Å². The molecule has 0 unspecified atom stereocenters. The van der Waals surface area contributed by atoms with Gasteiger partial charge < -0.3 is 9.15 Å². The van der Waals surface area contributed by atoms with Crippen molar-refractivity contribution in [2.75, 3.05) is 12.4 Å². The highest BCUT2D eigenvalue weighted by Crippen LogP contribution is 2.31. The monoisotopic (exact) mass is 368 g/mol. The predicted octanol–water partition coefficient (Wildman–Crippen LogP) is 3.77. The SMILES string of the molecule is COC(=O)Cc1sc(NC(=O)/C=C/c2ccco2)nc1-c1ccccc1. The molecule has 0 saturated heterocycles. The lowest BCUT2D eigenvalue weighted by Gasteiger charge is -2.01. The molecule has 0 fully saturated rings. The average molecular weight is 368 g/mol. The Morgan fingerprint density at radius 1 is 1.23 bits per heavy atom. The molecule has 2 heterocycles. The van der Waals surface area contributed by atoms with Gasteiger partial charge in [-0.05, 0) is 18.2 Å². The molecular formula is C19H16N2O4S. The first kappa shape index (κ1) is 17.6. The summed E-state index contributed by atoms with van der Waals surface area (Å²) >= 11 is 1.25. The molecule has 3 rings (SSSR count). The van der Waals surface area contributed by atoms with Gasteiger partial charge in [0.15, 0.2) is 5.13 Å². The van der Waals surface area contributed by atoms with Crippen LogP contribution < -0.4 is 5.32 Å². The number of furan rings is 1. The summed E-state index contributed by atoms with van der Waals surface area (Å²) in [6, 6.07) is 13.0. The van der Waals surface area contributed by atoms with Crippen LogP contribution in [0, 0.1) is 0 Å². The van der Waals surface area contributed by atoms with Crippen molar-refractivity contribution in [2.24, 2.45) is 0 Å². The first-order valence-electron chi connectivity index (χ1n) is 7.80. The van der Waals surface area contributed by atoms with E-state index in [4.69, 9.17) is 9.15 Å². The van der Waals surface area contributed by atoms with Gasteiger partial charge in [-0.1, -0.05) is 30.3 Å². The number of aromatic nitrogens is 1. The molecule has 0 aliphatic carbocycles. The van der Waals surface area contributed by atoms with Crippen molar-refractivity contribution < 1.29 is 18.7 Å². The lowest BCUT2D eigenvalue weighted by Crippen LogP contribution is -2.07. The molecule has 0 atom stereocenters. The molecule has 0 saturated carbocycles. The average Bonchev–Trinajstić information content (AvgIpc) is 3.30. The lowest BCUT2D eigenvalue weighted by molar-refractivity contribution is -0.139. The molecule has 0 aliphatic heterocycles. The predicted molar refractivity (Wildman–Crippen MR) is 99.6 cm³/mol. The number of rotatable bonds is 6. The number of anilines is 1. The van der Waals surface area contributed by atoms with Crippen LogP contribution in [0.25, 0.3) is 17.3 Å². The molecule has 6 nitrogen and oxygen atoms in total. The molecule has 0 aliphatic rings. The molecule has 0 radical (unpaired) electrons. The maximum Gasteiger partial charge on any atom is 0.310 e. The van der Waals surface area contributed by atoms with Crippen LogP contribution in [-0.4, -0.2) is 24.0 Å². The Hall–Kier alpha value is -3.19. The van der Waals surface area contributed by atoms with Crippen molar-refractivity contribution in [3.05, 3.63) is 65.4 Å². The van der Waals surface area contributed by atoms with Gasteiger partial charge in [0, 0.05) is 16.5 Å². The van der Waals surface area contributed by atoms with Crippen LogP contribution >= 0.6 is 11.3 Å². The number of amides is 1. The van der Waals surface area contributed by atoms with Gasteiger partial charge >= 0.3 is 5.97 Å². The summed E-state index contributed by atoms with van der Waals surface area (Å²) in [7, 11) is 1.34. The quantitative estimate of drug-likeness (QED) is 0.529. The summed E-state index contributed by atoms with van der Waals surface area (Å²) in [5, 5.41) is 3.13. The smallest absolute Gasteiger partial charge is 0.310 e. The minimum Gasteiger partial charge on any atom is -0.469 e. The van der Waals surface area contributed by atoms with Crippen molar-refractivity contribution in [3.8, 4) is 11.3 Å². The summed E-state index contributed by atoms with van der Waals surface area (Å²) in [5.74, 6) is -0.114. The van der Waals surface area contributed by atoms with Gasteiger partial charge in [-0.25, -0.2) is 4.98 Å². The number of esters is 1. The van der Waals surface area contributed by atoms with E-state index in [1.54, 1.807) is 18.2 Å². The Labute approximate surface area is 154 Å². The molecule has 7 heteroatoms. The molecular weight excluding hydrogens is 352 g/mol. The molecule has 3 aromatic rings. The number of ether oxygens (including phenoxy) is 1. The number of carbonyl (C=O) groups excluding carboxylic acids is 2. The molecule has 26 heavy (non-hydrogen) atoms. The third kappa shape index (κ3) is 4.46. The first-order chi connectivity index (χ1) is 12.7. The van der Waals surface area contributed by atoms with E-state index in [1.807, 2.05) is 30.3 Å². The second-order valence-electron chi connectivity index (χ2n) is 5.25. The number of hydrogen-bond acceptors (Lipinski definition) is 6. The van der Waals surface area contributed by atoms with Crippen molar-refractivity contribution in [1.82, 2.24) is 4.98 Å². The molecule has 1 amide bonds. The van der Waals surface area contributed by atoms with Crippen LogP contribution in [0.2, 0.25) is 0 Å². The Balaban J connectivity index is 1.81. The van der Waals surface area contributed by atoms with Gasteiger partial charge in [-0.15, -0.1) is 11.3 Å². The van der Waals surface area contributed by atoms with E-state index in [1.165, 1.54) is 30.8 Å². The van der Waals surface area contributed by atoms with Crippen molar-refractivity contribution >= 4 is 34.4 Å². The number of methoxy groups -OCH3 is 1. The Bertz CT molecular complexity index is 914. The van der Waals surface area contributed by atoms with Crippen LogP contribution in [-0.2, 0) is 20.7 Å². The molecule has 2 aromatic heterocycles. The van der Waals surface area contributed by atoms with Gasteiger partial charge in [-0.2, -0.15) is 0 Å². The standard InChI is InChI=1S/C19H16N2O4S/c1-24-17(23)12-15-18(13-6-3-2-4-7-13)21-19(26-15)20-16(22)10-9-14-8-5-11-25-14/h2-11H,12H2,1H3,(H,20,21,22)/b10-9+. The second-order valence-corrected chi connectivity index (χ2v) is 6.33. The van der Waals surface area contributed by atoms with E-state index >= 15 is 0 Å². The lowest BCUT2D eigenvalue weighted by atomic mass is 10.1. The van der Waals surface area contributed by atoms with Crippen LogP contribution in [0.1, 0.15) is 10.6 Å². The second kappa shape index (κ2) is 8.26. The van der Waals surface area contributed by atoms with Gasteiger partial charge in [0.1, 0.15) is 5.76 Å². The zero-order chi connectivity index (χ0) is 18.4. The van der Waals surface area contributed by atoms with Gasteiger partial charge in [0.2, 0.25) is 5.91 Å². The van der Waals surface area contributed by atoms with E-state index in [9.17, 15) is 9.59 Å². The fourth-order valence-electron chi connectivity index (χ4n) is 2.24. The molecule has 0 bridgehead atoms. The van der Waals surface area contributed by atoms with Gasteiger partial charge in [0.05, 0.1) is 25.5 Å². The fraction of sp³-hybridized carbons (Fsp3) is 0.105. The zero-order valence-corrected chi connectivity index (χ0v) is 14.8. The maximum atomic E-state index is 12.1. The Morgan fingerprint density at radius 3 is 2.73 bits per heavy atom. The Morgan fingerprint density at radius 2 is 2.04 bits per heavy atom.